The van der Waals surface area contributed by atoms with Crippen molar-refractivity contribution in [1.29, 1.82) is 0 Å². The van der Waals surface area contributed by atoms with Crippen molar-refractivity contribution in [2.45, 2.75) is 45.1 Å². The van der Waals surface area contributed by atoms with E-state index < -0.39 is 36.0 Å². The van der Waals surface area contributed by atoms with Gasteiger partial charge >= 0.3 is 19.3 Å². The minimum Gasteiger partial charge on any atom is -0.497 e. The number of hydrogen-bond donors (Lipinski definition) is 0. The number of ether oxygens (including phenoxy) is 2. The maximum Gasteiger partial charge on any atom is 0.498 e. The van der Waals surface area contributed by atoms with E-state index >= 15 is 0 Å². The second kappa shape index (κ2) is 7.87. The quantitative estimate of drug-likeness (QED) is 0.523. The number of carbonyl (C=O) groups is 1. The van der Waals surface area contributed by atoms with Gasteiger partial charge in [0.15, 0.2) is 0 Å². The topological polar surface area (TPSA) is 54.0 Å². The van der Waals surface area contributed by atoms with Crippen LogP contribution in [0.2, 0.25) is 0 Å². The van der Waals surface area contributed by atoms with Crippen LogP contribution in [0.15, 0.2) is 36.4 Å². The van der Waals surface area contributed by atoms with Gasteiger partial charge in [-0.3, -0.25) is 0 Å². The molecule has 0 aliphatic carbocycles. The normalized spacial score (nSPS) is 17.5. The van der Waals surface area contributed by atoms with Crippen LogP contribution < -0.4 is 10.2 Å². The molecular formula is C22H24BF3O5. The van der Waals surface area contributed by atoms with E-state index in [1.165, 1.54) is 25.3 Å². The number of methoxy groups -OCH3 is 2. The van der Waals surface area contributed by atoms with Crippen LogP contribution in [0.25, 0.3) is 11.1 Å². The van der Waals surface area contributed by atoms with Crippen molar-refractivity contribution >= 4 is 18.6 Å². The van der Waals surface area contributed by atoms with Crippen LogP contribution in [-0.4, -0.2) is 38.5 Å². The first-order valence-electron chi connectivity index (χ1n) is 9.64. The lowest BCUT2D eigenvalue weighted by Crippen LogP contribution is -2.41. The Morgan fingerprint density at radius 3 is 2.10 bits per heavy atom. The van der Waals surface area contributed by atoms with E-state index in [9.17, 15) is 18.0 Å². The molecule has 0 N–H and O–H groups in total. The molecule has 0 aromatic heterocycles. The fourth-order valence-electron chi connectivity index (χ4n) is 3.33. The van der Waals surface area contributed by atoms with Gasteiger partial charge in [0.2, 0.25) is 0 Å². The summed E-state index contributed by atoms with van der Waals surface area (Å²) in [6, 6.07) is 8.00. The van der Waals surface area contributed by atoms with Gasteiger partial charge in [0, 0.05) is 5.46 Å². The SMILES string of the molecule is COC(=O)c1ccc(-c2ccc(OC)c(B3OC(C)(C)C(C)(C)O3)c2)c(C(F)(F)F)c1. The highest BCUT2D eigenvalue weighted by molar-refractivity contribution is 6.63. The largest absolute Gasteiger partial charge is 0.498 e. The summed E-state index contributed by atoms with van der Waals surface area (Å²) in [7, 11) is 1.77. The predicted octanol–water partition coefficient (Wildman–Crippen LogP) is 4.47. The highest BCUT2D eigenvalue weighted by atomic mass is 19.4. The van der Waals surface area contributed by atoms with E-state index in [1.807, 2.05) is 27.7 Å². The third-order valence-electron chi connectivity index (χ3n) is 5.79. The van der Waals surface area contributed by atoms with Crippen molar-refractivity contribution in [3.63, 3.8) is 0 Å². The Balaban J connectivity index is 2.13. The van der Waals surface area contributed by atoms with Crippen molar-refractivity contribution in [1.82, 2.24) is 0 Å². The van der Waals surface area contributed by atoms with Crippen LogP contribution in [0.3, 0.4) is 0 Å². The lowest BCUT2D eigenvalue weighted by molar-refractivity contribution is -0.137. The zero-order chi connectivity index (χ0) is 23.2. The summed E-state index contributed by atoms with van der Waals surface area (Å²) in [5.41, 5.74) is -1.70. The number of esters is 1. The molecule has 166 valence electrons. The van der Waals surface area contributed by atoms with Crippen molar-refractivity contribution in [2.24, 2.45) is 0 Å². The summed E-state index contributed by atoms with van der Waals surface area (Å²) < 4.78 is 63.5. The number of rotatable bonds is 4. The van der Waals surface area contributed by atoms with Crippen molar-refractivity contribution in [3.8, 4) is 16.9 Å². The van der Waals surface area contributed by atoms with Gasteiger partial charge in [0.25, 0.3) is 0 Å². The number of carbonyl (C=O) groups excluding carboxylic acids is 1. The minimum absolute atomic E-state index is 0.0828. The molecule has 3 rings (SSSR count). The molecule has 9 heteroatoms. The van der Waals surface area contributed by atoms with Crippen LogP contribution >= 0.6 is 0 Å². The van der Waals surface area contributed by atoms with Crippen LogP contribution in [0.5, 0.6) is 5.75 Å². The van der Waals surface area contributed by atoms with E-state index in [0.717, 1.165) is 13.2 Å². The summed E-state index contributed by atoms with van der Waals surface area (Å²) in [5.74, 6) is -0.410. The standard InChI is InChI=1S/C22H24BF3O5/c1-20(2)21(3,4)31-23(30-20)17-12-13(8-10-18(17)28-5)15-9-7-14(19(27)29-6)11-16(15)22(24,25)26/h7-12H,1-6H3. The zero-order valence-corrected chi connectivity index (χ0v) is 18.2. The number of hydrogen-bond acceptors (Lipinski definition) is 5. The molecule has 1 fully saturated rings. The molecule has 0 radical (unpaired) electrons. The van der Waals surface area contributed by atoms with E-state index in [1.54, 1.807) is 12.1 Å². The van der Waals surface area contributed by atoms with Crippen LogP contribution in [0.1, 0.15) is 43.6 Å². The second-order valence-electron chi connectivity index (χ2n) is 8.29. The molecule has 1 heterocycles. The Morgan fingerprint density at radius 1 is 0.968 bits per heavy atom. The third kappa shape index (κ3) is 4.29. The molecule has 2 aromatic rings. The minimum atomic E-state index is -4.68. The molecule has 1 aliphatic heterocycles. The molecule has 1 saturated heterocycles. The Kier molecular flexibility index (Phi) is 5.88. The average molecular weight is 436 g/mol. The zero-order valence-electron chi connectivity index (χ0n) is 18.2. The molecule has 0 spiro atoms. The Hall–Kier alpha value is -2.52. The summed E-state index contributed by atoms with van der Waals surface area (Å²) in [4.78, 5) is 11.7. The molecule has 0 amide bonds. The second-order valence-corrected chi connectivity index (χ2v) is 8.29. The third-order valence-corrected chi connectivity index (χ3v) is 5.79. The van der Waals surface area contributed by atoms with Crippen LogP contribution in [0.4, 0.5) is 13.2 Å². The van der Waals surface area contributed by atoms with Gasteiger partial charge in [-0.2, -0.15) is 13.2 Å². The van der Waals surface area contributed by atoms with Gasteiger partial charge in [-0.05, 0) is 57.0 Å². The maximum atomic E-state index is 13.8. The lowest BCUT2D eigenvalue weighted by Gasteiger charge is -2.32. The van der Waals surface area contributed by atoms with Gasteiger partial charge in [-0.25, -0.2) is 4.79 Å². The fourth-order valence-corrected chi connectivity index (χ4v) is 3.33. The van der Waals surface area contributed by atoms with E-state index in [-0.39, 0.29) is 16.7 Å². The molecule has 1 aliphatic rings. The number of alkyl halides is 3. The fraction of sp³-hybridized carbons (Fsp3) is 0.409. The molecule has 31 heavy (non-hydrogen) atoms. The molecule has 0 bridgehead atoms. The molecule has 5 nitrogen and oxygen atoms in total. The van der Waals surface area contributed by atoms with Crippen molar-refractivity contribution in [2.75, 3.05) is 14.2 Å². The average Bonchev–Trinajstić information content (AvgIpc) is 2.92. The van der Waals surface area contributed by atoms with Gasteiger partial charge < -0.3 is 18.8 Å². The van der Waals surface area contributed by atoms with Crippen LogP contribution in [0, 0.1) is 0 Å². The molecular weight excluding hydrogens is 412 g/mol. The number of halogens is 3. The van der Waals surface area contributed by atoms with Gasteiger partial charge in [0.1, 0.15) is 5.75 Å². The lowest BCUT2D eigenvalue weighted by atomic mass is 9.76. The Labute approximate surface area is 179 Å². The van der Waals surface area contributed by atoms with E-state index in [0.29, 0.717) is 11.2 Å². The maximum absolute atomic E-state index is 13.8. The Morgan fingerprint density at radius 2 is 1.58 bits per heavy atom. The van der Waals surface area contributed by atoms with Gasteiger partial charge in [-0.15, -0.1) is 0 Å². The van der Waals surface area contributed by atoms with Gasteiger partial charge in [0.05, 0.1) is 36.5 Å². The first-order chi connectivity index (χ1) is 14.3. The van der Waals surface area contributed by atoms with E-state index in [2.05, 4.69) is 4.74 Å². The smallest absolute Gasteiger partial charge is 0.497 e. The first kappa shape index (κ1) is 23.2. The number of benzene rings is 2. The summed E-state index contributed by atoms with van der Waals surface area (Å²) in [6.45, 7) is 7.54. The highest BCUT2D eigenvalue weighted by Gasteiger charge is 2.52. The highest BCUT2D eigenvalue weighted by Crippen LogP contribution is 2.40. The molecule has 0 saturated carbocycles. The Bertz CT molecular complexity index is 985. The predicted molar refractivity (Wildman–Crippen MR) is 110 cm³/mol. The molecule has 2 aromatic carbocycles. The van der Waals surface area contributed by atoms with Gasteiger partial charge in [-0.1, -0.05) is 18.2 Å². The molecule has 0 atom stereocenters. The first-order valence-corrected chi connectivity index (χ1v) is 9.64. The summed E-state index contributed by atoms with van der Waals surface area (Å²) in [5, 5.41) is 0. The van der Waals surface area contributed by atoms with Crippen LogP contribution in [-0.2, 0) is 20.2 Å². The van der Waals surface area contributed by atoms with Crippen molar-refractivity contribution < 1.29 is 36.7 Å². The summed E-state index contributed by atoms with van der Waals surface area (Å²) >= 11 is 0. The monoisotopic (exact) mass is 436 g/mol. The summed E-state index contributed by atoms with van der Waals surface area (Å²) in [6.07, 6.45) is -4.68. The molecule has 0 unspecified atom stereocenters. The van der Waals surface area contributed by atoms with Crippen molar-refractivity contribution in [3.05, 3.63) is 47.5 Å². The van der Waals surface area contributed by atoms with E-state index in [4.69, 9.17) is 14.0 Å².